The summed E-state index contributed by atoms with van der Waals surface area (Å²) in [6.07, 6.45) is 8.27. The van der Waals surface area contributed by atoms with Crippen molar-refractivity contribution in [2.45, 2.75) is 32.6 Å². The highest BCUT2D eigenvalue weighted by atomic mass is 15.1. The second-order valence-corrected chi connectivity index (χ2v) is 7.96. The summed E-state index contributed by atoms with van der Waals surface area (Å²) in [7, 11) is 0. The molecule has 1 aliphatic carbocycles. The first-order valence-corrected chi connectivity index (χ1v) is 9.83. The number of aryl methyl sites for hydroxylation is 1. The minimum Gasteiger partial charge on any atom is -0.299 e. The van der Waals surface area contributed by atoms with Gasteiger partial charge in [-0.15, -0.1) is 0 Å². The molecule has 2 heterocycles. The Labute approximate surface area is 152 Å². The third-order valence-electron chi connectivity index (χ3n) is 6.00. The maximum Gasteiger partial charge on any atom is 0.0172 e. The van der Waals surface area contributed by atoms with Crippen LogP contribution in [0.25, 0.3) is 5.57 Å². The SMILES string of the molecule is Cc1ccc(/C(=C/CN2CC3CCC(CC3)C2)c2ccccc2)cc1. The number of rotatable bonds is 4. The van der Waals surface area contributed by atoms with Crippen LogP contribution in [0.2, 0.25) is 0 Å². The van der Waals surface area contributed by atoms with E-state index < -0.39 is 0 Å². The molecule has 2 aromatic rings. The molecule has 3 fully saturated rings. The highest BCUT2D eigenvalue weighted by molar-refractivity contribution is 5.79. The van der Waals surface area contributed by atoms with Gasteiger partial charge in [-0.3, -0.25) is 4.90 Å². The lowest BCUT2D eigenvalue weighted by Gasteiger charge is -2.21. The Balaban J connectivity index is 1.59. The van der Waals surface area contributed by atoms with Crippen LogP contribution < -0.4 is 0 Å². The molecule has 0 radical (unpaired) electrons. The van der Waals surface area contributed by atoms with Crippen LogP contribution in [0.3, 0.4) is 0 Å². The van der Waals surface area contributed by atoms with Crippen molar-refractivity contribution in [3.63, 3.8) is 0 Å². The van der Waals surface area contributed by atoms with E-state index in [-0.39, 0.29) is 0 Å². The van der Waals surface area contributed by atoms with Crippen molar-refractivity contribution < 1.29 is 0 Å². The molecule has 0 amide bonds. The molecule has 2 bridgehead atoms. The lowest BCUT2D eigenvalue weighted by molar-refractivity contribution is 0.279. The van der Waals surface area contributed by atoms with Gasteiger partial charge >= 0.3 is 0 Å². The van der Waals surface area contributed by atoms with Gasteiger partial charge in [0.1, 0.15) is 0 Å². The molecule has 130 valence electrons. The quantitative estimate of drug-likeness (QED) is 0.710. The summed E-state index contributed by atoms with van der Waals surface area (Å²) in [4.78, 5) is 2.70. The number of nitrogens with zero attached hydrogens (tertiary/aromatic N) is 1. The fourth-order valence-electron chi connectivity index (χ4n) is 4.52. The molecule has 0 aromatic heterocycles. The molecule has 3 aliphatic rings. The molecule has 1 heteroatoms. The lowest BCUT2D eigenvalue weighted by Crippen LogP contribution is -2.28. The molecule has 0 N–H and O–H groups in total. The van der Waals surface area contributed by atoms with E-state index in [0.717, 1.165) is 18.4 Å². The van der Waals surface area contributed by atoms with Gasteiger partial charge in [0.2, 0.25) is 0 Å². The number of hydrogen-bond donors (Lipinski definition) is 0. The summed E-state index contributed by atoms with van der Waals surface area (Å²) in [5.41, 5.74) is 5.34. The third-order valence-corrected chi connectivity index (χ3v) is 6.00. The monoisotopic (exact) mass is 331 g/mol. The van der Waals surface area contributed by atoms with Crippen molar-refractivity contribution in [1.29, 1.82) is 0 Å². The maximum absolute atomic E-state index is 2.70. The summed E-state index contributed by atoms with van der Waals surface area (Å²) < 4.78 is 0. The Morgan fingerprint density at radius 2 is 1.40 bits per heavy atom. The molecule has 2 saturated heterocycles. The molecule has 2 aromatic carbocycles. The first-order chi connectivity index (χ1) is 12.3. The first kappa shape index (κ1) is 16.6. The minimum absolute atomic E-state index is 0.937. The van der Waals surface area contributed by atoms with Crippen LogP contribution >= 0.6 is 0 Å². The Hall–Kier alpha value is -1.86. The van der Waals surface area contributed by atoms with E-state index in [2.05, 4.69) is 72.5 Å². The third kappa shape index (κ3) is 4.04. The van der Waals surface area contributed by atoms with E-state index in [1.54, 1.807) is 0 Å². The van der Waals surface area contributed by atoms with Crippen LogP contribution in [-0.2, 0) is 0 Å². The van der Waals surface area contributed by atoms with E-state index >= 15 is 0 Å². The normalized spacial score (nSPS) is 24.3. The molecular formula is C24H29N. The van der Waals surface area contributed by atoms with Gasteiger partial charge in [0.25, 0.3) is 0 Å². The van der Waals surface area contributed by atoms with Gasteiger partial charge in [0.15, 0.2) is 0 Å². The van der Waals surface area contributed by atoms with Gasteiger partial charge in [-0.2, -0.15) is 0 Å². The summed E-state index contributed by atoms with van der Waals surface area (Å²) in [6, 6.07) is 19.8. The molecule has 0 spiro atoms. The van der Waals surface area contributed by atoms with Crippen LogP contribution in [-0.4, -0.2) is 24.5 Å². The molecule has 5 rings (SSSR count). The predicted octanol–water partition coefficient (Wildman–Crippen LogP) is 5.55. The molecule has 25 heavy (non-hydrogen) atoms. The number of hydrogen-bond acceptors (Lipinski definition) is 1. The van der Waals surface area contributed by atoms with E-state index in [0.29, 0.717) is 0 Å². The average Bonchev–Trinajstić information content (AvgIpc) is 2.97. The van der Waals surface area contributed by atoms with Crippen molar-refractivity contribution >= 4 is 5.57 Å². The number of fused-ring (bicyclic) bond motifs is 4. The zero-order valence-corrected chi connectivity index (χ0v) is 15.3. The van der Waals surface area contributed by atoms with Gasteiger partial charge in [-0.25, -0.2) is 0 Å². The van der Waals surface area contributed by atoms with Crippen LogP contribution in [0.4, 0.5) is 0 Å². The molecule has 0 unspecified atom stereocenters. The Morgan fingerprint density at radius 3 is 2.00 bits per heavy atom. The van der Waals surface area contributed by atoms with Gasteiger partial charge in [-0.1, -0.05) is 66.2 Å². The predicted molar refractivity (Wildman–Crippen MR) is 107 cm³/mol. The summed E-state index contributed by atoms with van der Waals surface area (Å²) in [6.45, 7) is 5.82. The van der Waals surface area contributed by atoms with Crippen molar-refractivity contribution in [2.24, 2.45) is 11.8 Å². The molecule has 0 atom stereocenters. The molecule has 1 saturated carbocycles. The topological polar surface area (TPSA) is 3.24 Å². The largest absolute Gasteiger partial charge is 0.299 e. The van der Waals surface area contributed by atoms with E-state index in [9.17, 15) is 0 Å². The highest BCUT2D eigenvalue weighted by Gasteiger charge is 2.28. The number of benzene rings is 2. The Bertz CT molecular complexity index is 692. The Kier molecular flexibility index (Phi) is 5.03. The zero-order chi connectivity index (χ0) is 17.1. The minimum atomic E-state index is 0.937. The van der Waals surface area contributed by atoms with E-state index in [4.69, 9.17) is 0 Å². The van der Waals surface area contributed by atoms with Crippen LogP contribution in [0, 0.1) is 18.8 Å². The van der Waals surface area contributed by atoms with Gasteiger partial charge in [0, 0.05) is 19.6 Å². The molecular weight excluding hydrogens is 302 g/mol. The van der Waals surface area contributed by atoms with Gasteiger partial charge < -0.3 is 0 Å². The average molecular weight is 332 g/mol. The fourth-order valence-corrected chi connectivity index (χ4v) is 4.52. The van der Waals surface area contributed by atoms with Gasteiger partial charge in [-0.05, 0) is 61.1 Å². The highest BCUT2D eigenvalue weighted by Crippen LogP contribution is 2.34. The first-order valence-electron chi connectivity index (χ1n) is 9.83. The van der Waals surface area contributed by atoms with Gasteiger partial charge in [0.05, 0.1) is 0 Å². The van der Waals surface area contributed by atoms with Crippen molar-refractivity contribution in [2.75, 3.05) is 19.6 Å². The van der Waals surface area contributed by atoms with Crippen molar-refractivity contribution in [3.8, 4) is 0 Å². The molecule has 1 nitrogen and oxygen atoms in total. The van der Waals surface area contributed by atoms with Crippen LogP contribution in [0.5, 0.6) is 0 Å². The zero-order valence-electron chi connectivity index (χ0n) is 15.3. The van der Waals surface area contributed by atoms with Crippen LogP contribution in [0.15, 0.2) is 60.7 Å². The fraction of sp³-hybridized carbons (Fsp3) is 0.417. The van der Waals surface area contributed by atoms with Crippen molar-refractivity contribution in [3.05, 3.63) is 77.4 Å². The van der Waals surface area contributed by atoms with E-state index in [1.165, 1.54) is 61.0 Å². The second-order valence-electron chi connectivity index (χ2n) is 7.96. The smallest absolute Gasteiger partial charge is 0.0172 e. The Morgan fingerprint density at radius 1 is 0.840 bits per heavy atom. The lowest BCUT2D eigenvalue weighted by atomic mass is 9.84. The summed E-state index contributed by atoms with van der Waals surface area (Å²) >= 11 is 0. The van der Waals surface area contributed by atoms with Crippen LogP contribution in [0.1, 0.15) is 42.4 Å². The maximum atomic E-state index is 2.70. The molecule has 2 aliphatic heterocycles. The summed E-state index contributed by atoms with van der Waals surface area (Å²) in [5.74, 6) is 1.87. The second kappa shape index (κ2) is 7.58. The summed E-state index contributed by atoms with van der Waals surface area (Å²) in [5, 5.41) is 0. The van der Waals surface area contributed by atoms with E-state index in [1.807, 2.05) is 0 Å². The standard InChI is InChI=1S/C24H29N/c1-19-7-13-23(14-8-19)24(22-5-3-2-4-6-22)15-16-25-17-20-9-10-21(18-25)12-11-20/h2-8,13-15,20-21H,9-12,16-18H2,1H3/b24-15+. The van der Waals surface area contributed by atoms with Crippen molar-refractivity contribution in [1.82, 2.24) is 4.90 Å².